The number of rotatable bonds is 8. The predicted molar refractivity (Wildman–Crippen MR) is 78.8 cm³/mol. The van der Waals surface area contributed by atoms with E-state index in [1.54, 1.807) is 6.07 Å². The lowest BCUT2D eigenvalue weighted by Gasteiger charge is -2.07. The van der Waals surface area contributed by atoms with E-state index in [-0.39, 0.29) is 5.69 Å². The summed E-state index contributed by atoms with van der Waals surface area (Å²) in [7, 11) is 0. The molecule has 0 saturated carbocycles. The summed E-state index contributed by atoms with van der Waals surface area (Å²) in [5, 5.41) is 14.4. The zero-order valence-electron chi connectivity index (χ0n) is 10.3. The molecule has 1 rings (SSSR count). The number of anilines is 1. The van der Waals surface area contributed by atoms with Crippen LogP contribution in [0.1, 0.15) is 19.3 Å². The number of nitro groups is 1. The maximum atomic E-state index is 10.8. The van der Waals surface area contributed by atoms with E-state index in [0.29, 0.717) is 10.7 Å². The van der Waals surface area contributed by atoms with E-state index in [9.17, 15) is 10.1 Å². The minimum absolute atomic E-state index is 0.0727. The third-order valence-electron chi connectivity index (χ3n) is 2.50. The highest BCUT2D eigenvalue weighted by Gasteiger charge is 2.12. The molecule has 100 valence electrons. The van der Waals surface area contributed by atoms with Crippen molar-refractivity contribution in [3.63, 3.8) is 0 Å². The molecular weight excluding hydrogens is 272 g/mol. The highest BCUT2D eigenvalue weighted by atomic mass is 35.5. The van der Waals surface area contributed by atoms with Gasteiger partial charge in [0.15, 0.2) is 0 Å². The molecule has 0 bridgehead atoms. The number of thioether (sulfide) groups is 1. The van der Waals surface area contributed by atoms with Crippen LogP contribution in [0.15, 0.2) is 18.2 Å². The first-order valence-corrected chi connectivity index (χ1v) is 7.59. The van der Waals surface area contributed by atoms with Gasteiger partial charge in [-0.1, -0.05) is 18.0 Å². The lowest BCUT2D eigenvalue weighted by Crippen LogP contribution is -2.04. The molecule has 0 saturated heterocycles. The second-order valence-electron chi connectivity index (χ2n) is 3.90. The van der Waals surface area contributed by atoms with E-state index in [4.69, 9.17) is 11.6 Å². The fourth-order valence-corrected chi connectivity index (χ4v) is 2.25. The molecule has 1 N–H and O–H groups in total. The SMILES string of the molecule is CSCCCCCNc1cc(Cl)ccc1[N+](=O)[O-]. The molecule has 0 spiro atoms. The second kappa shape index (κ2) is 8.21. The number of nitrogens with zero attached hydrogens (tertiary/aromatic N) is 1. The Hall–Kier alpha value is -0.940. The first-order chi connectivity index (χ1) is 8.65. The highest BCUT2D eigenvalue weighted by molar-refractivity contribution is 7.98. The van der Waals surface area contributed by atoms with Gasteiger partial charge in [-0.3, -0.25) is 10.1 Å². The maximum absolute atomic E-state index is 10.8. The molecule has 18 heavy (non-hydrogen) atoms. The topological polar surface area (TPSA) is 55.2 Å². The zero-order chi connectivity index (χ0) is 13.4. The first kappa shape index (κ1) is 15.1. The minimum Gasteiger partial charge on any atom is -0.379 e. The fraction of sp³-hybridized carbons (Fsp3) is 0.500. The molecule has 0 aliphatic carbocycles. The van der Waals surface area contributed by atoms with Crippen LogP contribution in [0, 0.1) is 10.1 Å². The van der Waals surface area contributed by atoms with Gasteiger partial charge in [0.05, 0.1) is 4.92 Å². The number of nitro benzene ring substituents is 1. The average Bonchev–Trinajstić information content (AvgIpc) is 2.33. The van der Waals surface area contributed by atoms with E-state index < -0.39 is 4.92 Å². The summed E-state index contributed by atoms with van der Waals surface area (Å²) in [6.07, 6.45) is 5.40. The highest BCUT2D eigenvalue weighted by Crippen LogP contribution is 2.27. The van der Waals surface area contributed by atoms with Gasteiger partial charge < -0.3 is 5.32 Å². The zero-order valence-corrected chi connectivity index (χ0v) is 11.9. The molecule has 0 fully saturated rings. The summed E-state index contributed by atoms with van der Waals surface area (Å²) < 4.78 is 0. The van der Waals surface area contributed by atoms with Crippen molar-refractivity contribution < 1.29 is 4.92 Å². The molecule has 1 aromatic carbocycles. The molecule has 0 atom stereocenters. The van der Waals surface area contributed by atoms with E-state index in [2.05, 4.69) is 11.6 Å². The van der Waals surface area contributed by atoms with Gasteiger partial charge in [-0.15, -0.1) is 0 Å². The molecule has 0 aromatic heterocycles. The molecule has 4 nitrogen and oxygen atoms in total. The van der Waals surface area contributed by atoms with Gasteiger partial charge in [0.1, 0.15) is 5.69 Å². The fourth-order valence-electron chi connectivity index (χ4n) is 1.58. The monoisotopic (exact) mass is 288 g/mol. The van der Waals surface area contributed by atoms with E-state index >= 15 is 0 Å². The summed E-state index contributed by atoms with van der Waals surface area (Å²) in [5.74, 6) is 1.16. The smallest absolute Gasteiger partial charge is 0.292 e. The number of hydrogen-bond acceptors (Lipinski definition) is 4. The van der Waals surface area contributed by atoms with Crippen LogP contribution in [0.2, 0.25) is 5.02 Å². The Morgan fingerprint density at radius 3 is 2.83 bits per heavy atom. The average molecular weight is 289 g/mol. The number of nitrogens with one attached hydrogen (secondary N) is 1. The molecule has 0 heterocycles. The predicted octanol–water partition coefficient (Wildman–Crippen LogP) is 4.19. The van der Waals surface area contributed by atoms with Crippen LogP contribution in [0.25, 0.3) is 0 Å². The second-order valence-corrected chi connectivity index (χ2v) is 5.32. The molecule has 0 amide bonds. The van der Waals surface area contributed by atoms with Crippen LogP contribution in [0.5, 0.6) is 0 Å². The van der Waals surface area contributed by atoms with Crippen LogP contribution in [0.3, 0.4) is 0 Å². The van der Waals surface area contributed by atoms with Gasteiger partial charge in [0.25, 0.3) is 5.69 Å². The van der Waals surface area contributed by atoms with E-state index in [0.717, 1.165) is 25.1 Å². The molecule has 0 aliphatic rings. The van der Waals surface area contributed by atoms with Gasteiger partial charge in [0, 0.05) is 17.6 Å². The van der Waals surface area contributed by atoms with Crippen molar-refractivity contribution in [2.45, 2.75) is 19.3 Å². The maximum Gasteiger partial charge on any atom is 0.292 e. The summed E-state index contributed by atoms with van der Waals surface area (Å²) >= 11 is 7.67. The lowest BCUT2D eigenvalue weighted by molar-refractivity contribution is -0.384. The van der Waals surface area contributed by atoms with Gasteiger partial charge in [0.2, 0.25) is 0 Å². The third kappa shape index (κ3) is 5.14. The lowest BCUT2D eigenvalue weighted by atomic mass is 10.2. The van der Waals surface area contributed by atoms with Crippen molar-refractivity contribution in [3.05, 3.63) is 33.3 Å². The van der Waals surface area contributed by atoms with Crippen molar-refractivity contribution in [2.24, 2.45) is 0 Å². The largest absolute Gasteiger partial charge is 0.379 e. The molecule has 1 aromatic rings. The molecule has 0 aliphatic heterocycles. The minimum atomic E-state index is -0.396. The molecule has 0 radical (unpaired) electrons. The summed E-state index contributed by atoms with van der Waals surface area (Å²) in [4.78, 5) is 10.4. The number of hydrogen-bond donors (Lipinski definition) is 1. The van der Waals surface area contributed by atoms with Crippen LogP contribution < -0.4 is 5.32 Å². The van der Waals surface area contributed by atoms with E-state index in [1.165, 1.54) is 18.6 Å². The Morgan fingerprint density at radius 1 is 1.39 bits per heavy atom. The van der Waals surface area contributed by atoms with Gasteiger partial charge in [-0.2, -0.15) is 11.8 Å². The van der Waals surface area contributed by atoms with Gasteiger partial charge in [-0.25, -0.2) is 0 Å². The van der Waals surface area contributed by atoms with Crippen LogP contribution in [-0.2, 0) is 0 Å². The number of halogens is 1. The number of unbranched alkanes of at least 4 members (excludes halogenated alkanes) is 2. The van der Waals surface area contributed by atoms with Crippen molar-refractivity contribution in [1.82, 2.24) is 0 Å². The summed E-state index contributed by atoms with van der Waals surface area (Å²) in [6, 6.07) is 4.56. The normalized spacial score (nSPS) is 10.3. The Balaban J connectivity index is 2.45. The molecule has 6 heteroatoms. The van der Waals surface area contributed by atoms with Crippen molar-refractivity contribution in [3.8, 4) is 0 Å². The summed E-state index contributed by atoms with van der Waals surface area (Å²) in [6.45, 7) is 0.732. The van der Waals surface area contributed by atoms with Crippen LogP contribution in [0.4, 0.5) is 11.4 Å². The van der Waals surface area contributed by atoms with Crippen LogP contribution in [-0.4, -0.2) is 23.5 Å². The summed E-state index contributed by atoms with van der Waals surface area (Å²) in [5.41, 5.74) is 0.570. The first-order valence-electron chi connectivity index (χ1n) is 5.82. The standard InChI is InChI=1S/C12H17ClN2O2S/c1-18-8-4-2-3-7-14-11-9-10(13)5-6-12(11)15(16)17/h5-6,9,14H,2-4,7-8H2,1H3. The van der Waals surface area contributed by atoms with Crippen LogP contribution >= 0.6 is 23.4 Å². The Morgan fingerprint density at radius 2 is 2.17 bits per heavy atom. The Bertz CT molecular complexity index is 402. The number of benzene rings is 1. The van der Waals surface area contributed by atoms with E-state index in [1.807, 2.05) is 11.8 Å². The van der Waals surface area contributed by atoms with Gasteiger partial charge in [-0.05, 0) is 37.0 Å². The Labute approximate surface area is 116 Å². The molecular formula is C12H17ClN2O2S. The molecule has 0 unspecified atom stereocenters. The van der Waals surface area contributed by atoms with Crippen molar-refractivity contribution >= 4 is 34.7 Å². The van der Waals surface area contributed by atoms with Gasteiger partial charge >= 0.3 is 0 Å². The van der Waals surface area contributed by atoms with Crippen molar-refractivity contribution in [1.29, 1.82) is 0 Å². The van der Waals surface area contributed by atoms with Crippen molar-refractivity contribution in [2.75, 3.05) is 23.9 Å². The third-order valence-corrected chi connectivity index (χ3v) is 3.43. The quantitative estimate of drug-likeness (QED) is 0.443. The Kier molecular flexibility index (Phi) is 6.90.